The predicted molar refractivity (Wildman–Crippen MR) is 150 cm³/mol. The van der Waals surface area contributed by atoms with Gasteiger partial charge in [-0.3, -0.25) is 9.69 Å². The highest BCUT2D eigenvalue weighted by Crippen LogP contribution is 2.34. The monoisotopic (exact) mass is 551 g/mol. The lowest BCUT2D eigenvalue weighted by Crippen LogP contribution is -2.38. The highest BCUT2D eigenvalue weighted by Gasteiger charge is 2.33. The Labute approximate surface area is 233 Å². The van der Waals surface area contributed by atoms with Gasteiger partial charge >= 0.3 is 6.18 Å². The second kappa shape index (κ2) is 12.9. The van der Waals surface area contributed by atoms with Crippen LogP contribution in [-0.4, -0.2) is 48.5 Å². The number of carbonyl (C=O) groups is 1. The van der Waals surface area contributed by atoms with Gasteiger partial charge in [0.05, 0.1) is 25.3 Å². The predicted octanol–water partition coefficient (Wildman–Crippen LogP) is 6.13. The molecular formula is C32H36F3N3O2. The van der Waals surface area contributed by atoms with E-state index in [0.717, 1.165) is 49.3 Å². The van der Waals surface area contributed by atoms with Gasteiger partial charge in [-0.25, -0.2) is 0 Å². The third kappa shape index (κ3) is 7.64. The average Bonchev–Trinajstić information content (AvgIpc) is 3.77. The van der Waals surface area contributed by atoms with Crippen LogP contribution in [0.15, 0.2) is 72.8 Å². The molecule has 1 amide bonds. The molecule has 0 unspecified atom stereocenters. The molecule has 0 bridgehead atoms. The molecule has 1 aliphatic heterocycles. The molecule has 40 heavy (non-hydrogen) atoms. The normalized spacial score (nSPS) is 15.5. The van der Waals surface area contributed by atoms with Crippen LogP contribution in [0.1, 0.15) is 40.7 Å². The fourth-order valence-electron chi connectivity index (χ4n) is 5.31. The number of nitrogens with zero attached hydrogens (tertiary/aromatic N) is 2. The first-order valence-corrected chi connectivity index (χ1v) is 14.0. The second-order valence-electron chi connectivity index (χ2n) is 10.7. The maximum atomic E-state index is 13.7. The van der Waals surface area contributed by atoms with E-state index in [2.05, 4.69) is 16.3 Å². The van der Waals surface area contributed by atoms with Crippen LogP contribution < -0.4 is 5.32 Å². The highest BCUT2D eigenvalue weighted by molar-refractivity contribution is 5.81. The summed E-state index contributed by atoms with van der Waals surface area (Å²) in [6, 6.07) is 21.2. The Morgan fingerprint density at radius 1 is 1.00 bits per heavy atom. The van der Waals surface area contributed by atoms with Crippen molar-refractivity contribution in [3.8, 4) is 0 Å². The van der Waals surface area contributed by atoms with Crippen LogP contribution in [0.5, 0.6) is 0 Å². The van der Waals surface area contributed by atoms with Crippen molar-refractivity contribution >= 4 is 11.6 Å². The number of hydrogen-bond acceptors (Lipinski definition) is 4. The minimum Gasteiger partial charge on any atom is -0.376 e. The fraction of sp³-hybridized carbons (Fsp3) is 0.406. The lowest BCUT2D eigenvalue weighted by atomic mass is 9.97. The van der Waals surface area contributed by atoms with E-state index < -0.39 is 11.7 Å². The summed E-state index contributed by atoms with van der Waals surface area (Å²) in [5, 5.41) is 3.30. The number of benzene rings is 3. The standard InChI is InChI=1S/C32H36F3N3O2/c33-32(34,35)29-11-5-4-9-27(29)22-38(17-18-40-23-25-7-2-1-3-8-25)31(39)19-36-30-12-6-10-26-21-37(16-15-28(26)30)20-24-13-14-24/h1-12,24,36H,13-23H2. The summed E-state index contributed by atoms with van der Waals surface area (Å²) >= 11 is 0. The van der Waals surface area contributed by atoms with Gasteiger partial charge in [0.1, 0.15) is 0 Å². The fourth-order valence-corrected chi connectivity index (χ4v) is 5.31. The number of rotatable bonds is 12. The number of amides is 1. The Morgan fingerprint density at radius 2 is 1.77 bits per heavy atom. The summed E-state index contributed by atoms with van der Waals surface area (Å²) in [4.78, 5) is 17.4. The highest BCUT2D eigenvalue weighted by atomic mass is 19.4. The molecule has 1 saturated carbocycles. The van der Waals surface area contributed by atoms with Crippen molar-refractivity contribution in [1.29, 1.82) is 0 Å². The largest absolute Gasteiger partial charge is 0.416 e. The Morgan fingerprint density at radius 3 is 2.55 bits per heavy atom. The van der Waals surface area contributed by atoms with E-state index in [4.69, 9.17) is 4.74 Å². The van der Waals surface area contributed by atoms with Crippen molar-refractivity contribution in [2.45, 2.75) is 45.1 Å². The number of halogens is 3. The summed E-state index contributed by atoms with van der Waals surface area (Å²) in [7, 11) is 0. The number of hydrogen-bond donors (Lipinski definition) is 1. The molecule has 5 nitrogen and oxygen atoms in total. The van der Waals surface area contributed by atoms with Gasteiger partial charge in [0, 0.05) is 38.4 Å². The van der Waals surface area contributed by atoms with Crippen molar-refractivity contribution in [3.05, 3.63) is 101 Å². The first-order chi connectivity index (χ1) is 19.4. The first-order valence-electron chi connectivity index (χ1n) is 14.0. The zero-order valence-electron chi connectivity index (χ0n) is 22.6. The van der Waals surface area contributed by atoms with Crippen LogP contribution in [0.3, 0.4) is 0 Å². The molecule has 0 radical (unpaired) electrons. The van der Waals surface area contributed by atoms with Crippen LogP contribution >= 0.6 is 0 Å². The van der Waals surface area contributed by atoms with Crippen LogP contribution in [-0.2, 0) is 41.8 Å². The quantitative estimate of drug-likeness (QED) is 0.275. The Bertz CT molecular complexity index is 1280. The topological polar surface area (TPSA) is 44.8 Å². The van der Waals surface area contributed by atoms with Gasteiger partial charge in [0.25, 0.3) is 0 Å². The molecule has 0 spiro atoms. The van der Waals surface area contributed by atoms with Gasteiger partial charge < -0.3 is 15.0 Å². The summed E-state index contributed by atoms with van der Waals surface area (Å²) < 4.78 is 46.8. The number of carbonyl (C=O) groups excluding carboxylic acids is 1. The number of alkyl halides is 3. The number of anilines is 1. The lowest BCUT2D eigenvalue weighted by molar-refractivity contribution is -0.139. The lowest BCUT2D eigenvalue weighted by Gasteiger charge is -2.30. The van der Waals surface area contributed by atoms with Crippen molar-refractivity contribution in [2.24, 2.45) is 5.92 Å². The molecule has 0 saturated heterocycles. The minimum absolute atomic E-state index is 0.00485. The molecule has 0 atom stereocenters. The van der Waals surface area contributed by atoms with E-state index in [1.165, 1.54) is 41.0 Å². The van der Waals surface area contributed by atoms with Crippen molar-refractivity contribution in [3.63, 3.8) is 0 Å². The van der Waals surface area contributed by atoms with E-state index in [1.54, 1.807) is 6.07 Å². The van der Waals surface area contributed by atoms with Crippen molar-refractivity contribution < 1.29 is 22.7 Å². The van der Waals surface area contributed by atoms with Crippen LogP contribution in [0.25, 0.3) is 0 Å². The maximum Gasteiger partial charge on any atom is 0.416 e. The molecule has 3 aromatic rings. The molecule has 0 aromatic heterocycles. The molecule has 1 fully saturated rings. The smallest absolute Gasteiger partial charge is 0.376 e. The molecule has 1 N–H and O–H groups in total. The van der Waals surface area contributed by atoms with E-state index >= 15 is 0 Å². The second-order valence-corrected chi connectivity index (χ2v) is 10.7. The van der Waals surface area contributed by atoms with Gasteiger partial charge in [-0.05, 0) is 59.6 Å². The molecular weight excluding hydrogens is 515 g/mol. The van der Waals surface area contributed by atoms with Gasteiger partial charge in [-0.2, -0.15) is 13.2 Å². The van der Waals surface area contributed by atoms with Gasteiger partial charge in [-0.15, -0.1) is 0 Å². The van der Waals surface area contributed by atoms with E-state index in [-0.39, 0.29) is 37.7 Å². The molecule has 1 aliphatic carbocycles. The van der Waals surface area contributed by atoms with E-state index in [1.807, 2.05) is 42.5 Å². The average molecular weight is 552 g/mol. The Hall–Kier alpha value is -3.36. The first kappa shape index (κ1) is 28.2. The van der Waals surface area contributed by atoms with Crippen molar-refractivity contribution in [1.82, 2.24) is 9.80 Å². The molecule has 1 heterocycles. The third-order valence-electron chi connectivity index (χ3n) is 7.64. The van der Waals surface area contributed by atoms with Crippen molar-refractivity contribution in [2.75, 3.05) is 38.1 Å². The number of ether oxygens (including phenoxy) is 1. The summed E-state index contributed by atoms with van der Waals surface area (Å²) in [6.45, 7) is 3.67. The minimum atomic E-state index is -4.50. The van der Waals surface area contributed by atoms with Gasteiger partial charge in [0.15, 0.2) is 0 Å². The molecule has 3 aromatic carbocycles. The zero-order valence-corrected chi connectivity index (χ0v) is 22.6. The Kier molecular flexibility index (Phi) is 9.07. The van der Waals surface area contributed by atoms with E-state index in [9.17, 15) is 18.0 Å². The molecule has 8 heteroatoms. The summed E-state index contributed by atoms with van der Waals surface area (Å²) in [5.41, 5.74) is 3.76. The zero-order chi connectivity index (χ0) is 28.0. The third-order valence-corrected chi connectivity index (χ3v) is 7.64. The number of nitrogens with one attached hydrogen (secondary N) is 1. The summed E-state index contributed by atoms with van der Waals surface area (Å²) in [5.74, 6) is 0.565. The summed E-state index contributed by atoms with van der Waals surface area (Å²) in [6.07, 6.45) is -0.929. The van der Waals surface area contributed by atoms with Crippen LogP contribution in [0, 0.1) is 5.92 Å². The molecule has 2 aliphatic rings. The molecule has 5 rings (SSSR count). The van der Waals surface area contributed by atoms with Gasteiger partial charge in [0.2, 0.25) is 5.91 Å². The van der Waals surface area contributed by atoms with Crippen LogP contribution in [0.4, 0.5) is 18.9 Å². The molecule has 212 valence electrons. The SMILES string of the molecule is O=C(CNc1cccc2c1CCN(CC1CC1)C2)N(CCOCc1ccccc1)Cc1ccccc1C(F)(F)F. The maximum absolute atomic E-state index is 13.7. The van der Waals surface area contributed by atoms with Crippen LogP contribution in [0.2, 0.25) is 0 Å². The Balaban J connectivity index is 1.24. The van der Waals surface area contributed by atoms with E-state index in [0.29, 0.717) is 6.61 Å². The number of fused-ring (bicyclic) bond motifs is 1. The van der Waals surface area contributed by atoms with Gasteiger partial charge in [-0.1, -0.05) is 60.7 Å².